The monoisotopic (exact) mass is 400 g/mol. The summed E-state index contributed by atoms with van der Waals surface area (Å²) in [5, 5.41) is 3.12. The van der Waals surface area contributed by atoms with Gasteiger partial charge in [-0.05, 0) is 71.8 Å². The highest BCUT2D eigenvalue weighted by Gasteiger charge is 2.51. The molecule has 1 aliphatic carbocycles. The second-order valence-corrected chi connectivity index (χ2v) is 8.04. The number of ether oxygens (including phenoxy) is 2. The maximum Gasteiger partial charge on any atom is 0.235 e. The molecule has 0 radical (unpaired) electrons. The van der Waals surface area contributed by atoms with E-state index in [0.29, 0.717) is 12.3 Å². The van der Waals surface area contributed by atoms with Gasteiger partial charge in [0, 0.05) is 12.2 Å². The van der Waals surface area contributed by atoms with Crippen LogP contribution < -0.4 is 20.5 Å². The zero-order valence-electron chi connectivity index (χ0n) is 16.9. The van der Waals surface area contributed by atoms with E-state index in [1.807, 2.05) is 42.5 Å². The van der Waals surface area contributed by atoms with Crippen LogP contribution in [0.5, 0.6) is 11.5 Å². The molecule has 0 spiro atoms. The van der Waals surface area contributed by atoms with Crippen LogP contribution in [0.25, 0.3) is 11.1 Å². The summed E-state index contributed by atoms with van der Waals surface area (Å²) in [6.45, 7) is 2.83. The molecule has 1 saturated carbocycles. The predicted molar refractivity (Wildman–Crippen MR) is 117 cm³/mol. The van der Waals surface area contributed by atoms with Gasteiger partial charge < -0.3 is 20.5 Å². The molecule has 1 heterocycles. The third-order valence-electron chi connectivity index (χ3n) is 6.09. The number of hydrogen-bond donors (Lipinski definition) is 2. The third-order valence-corrected chi connectivity index (χ3v) is 6.09. The number of hydrogen-bond acceptors (Lipinski definition) is 4. The smallest absolute Gasteiger partial charge is 0.235 e. The molecule has 3 aromatic carbocycles. The molecule has 2 aliphatic rings. The topological polar surface area (TPSA) is 73.6 Å². The summed E-state index contributed by atoms with van der Waals surface area (Å²) in [6.07, 6.45) is 1.67. The number of rotatable bonds is 5. The number of anilines is 1. The van der Waals surface area contributed by atoms with Crippen molar-refractivity contribution in [1.29, 1.82) is 0 Å². The van der Waals surface area contributed by atoms with Gasteiger partial charge in [-0.25, -0.2) is 0 Å². The van der Waals surface area contributed by atoms with Crippen molar-refractivity contribution in [3.05, 3.63) is 77.4 Å². The maximum absolute atomic E-state index is 13.1. The van der Waals surface area contributed by atoms with Crippen molar-refractivity contribution in [1.82, 2.24) is 0 Å². The lowest BCUT2D eigenvalue weighted by Crippen LogP contribution is -2.27. The number of aryl methyl sites for hydroxylation is 1. The summed E-state index contributed by atoms with van der Waals surface area (Å²) in [5.41, 5.74) is 11.5. The summed E-state index contributed by atoms with van der Waals surface area (Å²) in [6, 6.07) is 20.1. The van der Waals surface area contributed by atoms with Crippen LogP contribution in [-0.2, 0) is 16.8 Å². The Bertz CT molecular complexity index is 1120. The van der Waals surface area contributed by atoms with Crippen LogP contribution >= 0.6 is 0 Å². The van der Waals surface area contributed by atoms with Crippen LogP contribution in [0, 0.1) is 6.92 Å². The number of carbonyl (C=O) groups excluding carboxylic acids is 1. The molecule has 1 fully saturated rings. The zero-order chi connectivity index (χ0) is 20.7. The molecule has 3 aromatic rings. The fraction of sp³-hybridized carbons (Fsp3) is 0.240. The van der Waals surface area contributed by atoms with Crippen molar-refractivity contribution in [3.63, 3.8) is 0 Å². The lowest BCUT2D eigenvalue weighted by molar-refractivity contribution is -0.118. The number of nitrogens with two attached hydrogens (primary N) is 1. The van der Waals surface area contributed by atoms with Gasteiger partial charge in [0.25, 0.3) is 0 Å². The standard InChI is InChI=1S/C25H24N2O3/c1-16-12-20(7-8-21(16)18-4-2-17(14-26)3-5-18)27-24(28)25(10-11-25)19-6-9-22-23(13-19)30-15-29-22/h2-9,12-13H,10-11,14-15,26H2,1H3,(H,27,28). The first-order valence-electron chi connectivity index (χ1n) is 10.2. The quantitative estimate of drug-likeness (QED) is 0.660. The Morgan fingerprint density at radius 1 is 1.00 bits per heavy atom. The lowest BCUT2D eigenvalue weighted by atomic mass is 9.94. The Hall–Kier alpha value is -3.31. The van der Waals surface area contributed by atoms with Crippen molar-refractivity contribution < 1.29 is 14.3 Å². The molecule has 5 rings (SSSR count). The summed E-state index contributed by atoms with van der Waals surface area (Å²) < 4.78 is 10.9. The van der Waals surface area contributed by atoms with E-state index in [2.05, 4.69) is 30.4 Å². The Morgan fingerprint density at radius 2 is 1.77 bits per heavy atom. The average molecular weight is 400 g/mol. The molecule has 30 heavy (non-hydrogen) atoms. The molecule has 0 aromatic heterocycles. The zero-order valence-corrected chi connectivity index (χ0v) is 16.9. The molecule has 3 N–H and O–H groups in total. The fourth-order valence-corrected chi connectivity index (χ4v) is 4.10. The Labute approximate surface area is 175 Å². The lowest BCUT2D eigenvalue weighted by Gasteiger charge is -2.17. The van der Waals surface area contributed by atoms with Crippen LogP contribution in [0.1, 0.15) is 29.5 Å². The van der Waals surface area contributed by atoms with Gasteiger partial charge in [0.1, 0.15) is 0 Å². The first kappa shape index (κ1) is 18.7. The molecule has 0 saturated heterocycles. The first-order chi connectivity index (χ1) is 14.6. The van der Waals surface area contributed by atoms with Gasteiger partial charge in [-0.3, -0.25) is 4.79 Å². The van der Waals surface area contributed by atoms with E-state index in [0.717, 1.165) is 52.1 Å². The van der Waals surface area contributed by atoms with Gasteiger partial charge in [-0.15, -0.1) is 0 Å². The number of benzene rings is 3. The molecule has 0 unspecified atom stereocenters. The van der Waals surface area contributed by atoms with Gasteiger partial charge in [0.05, 0.1) is 5.41 Å². The minimum atomic E-state index is -0.481. The van der Waals surface area contributed by atoms with Gasteiger partial charge >= 0.3 is 0 Å². The van der Waals surface area contributed by atoms with E-state index in [9.17, 15) is 4.79 Å². The number of fused-ring (bicyclic) bond motifs is 1. The van der Waals surface area contributed by atoms with Crippen molar-refractivity contribution in [3.8, 4) is 22.6 Å². The van der Waals surface area contributed by atoms with Crippen molar-refractivity contribution in [2.75, 3.05) is 12.1 Å². The van der Waals surface area contributed by atoms with Gasteiger partial charge in [-0.2, -0.15) is 0 Å². The second kappa shape index (κ2) is 7.18. The van der Waals surface area contributed by atoms with Gasteiger partial charge in [0.15, 0.2) is 11.5 Å². The Morgan fingerprint density at radius 3 is 2.47 bits per heavy atom. The minimum absolute atomic E-state index is 0.0285. The van der Waals surface area contributed by atoms with E-state index in [1.54, 1.807) is 0 Å². The normalized spacial score (nSPS) is 15.7. The molecule has 0 bridgehead atoms. The largest absolute Gasteiger partial charge is 0.454 e. The second-order valence-electron chi connectivity index (χ2n) is 8.04. The summed E-state index contributed by atoms with van der Waals surface area (Å²) in [7, 11) is 0. The Kier molecular flexibility index (Phi) is 4.48. The fourth-order valence-electron chi connectivity index (χ4n) is 4.10. The van der Waals surface area contributed by atoms with Crippen LogP contribution in [0.4, 0.5) is 5.69 Å². The SMILES string of the molecule is Cc1cc(NC(=O)C2(c3ccc4c(c3)OCO4)CC2)ccc1-c1ccc(CN)cc1. The molecule has 152 valence electrons. The molecular formula is C25H24N2O3. The van der Waals surface area contributed by atoms with Crippen molar-refractivity contribution in [2.45, 2.75) is 31.7 Å². The van der Waals surface area contributed by atoms with Crippen LogP contribution in [-0.4, -0.2) is 12.7 Å². The summed E-state index contributed by atoms with van der Waals surface area (Å²) >= 11 is 0. The highest BCUT2D eigenvalue weighted by atomic mass is 16.7. The molecule has 5 nitrogen and oxygen atoms in total. The van der Waals surface area contributed by atoms with Crippen LogP contribution in [0.15, 0.2) is 60.7 Å². The van der Waals surface area contributed by atoms with E-state index in [4.69, 9.17) is 15.2 Å². The predicted octanol–water partition coefficient (Wildman–Crippen LogP) is 4.52. The van der Waals surface area contributed by atoms with E-state index >= 15 is 0 Å². The molecular weight excluding hydrogens is 376 g/mol. The third kappa shape index (κ3) is 3.21. The minimum Gasteiger partial charge on any atom is -0.454 e. The maximum atomic E-state index is 13.1. The van der Waals surface area contributed by atoms with Crippen molar-refractivity contribution in [2.24, 2.45) is 5.73 Å². The summed E-state index contributed by atoms with van der Waals surface area (Å²) in [5.74, 6) is 1.48. The van der Waals surface area contributed by atoms with Gasteiger partial charge in [-0.1, -0.05) is 36.4 Å². The highest BCUT2D eigenvalue weighted by Crippen LogP contribution is 2.51. The first-order valence-corrected chi connectivity index (χ1v) is 10.2. The molecule has 0 atom stereocenters. The number of nitrogens with one attached hydrogen (secondary N) is 1. The molecule has 5 heteroatoms. The van der Waals surface area contributed by atoms with Crippen LogP contribution in [0.2, 0.25) is 0 Å². The number of amides is 1. The van der Waals surface area contributed by atoms with E-state index in [-0.39, 0.29) is 12.7 Å². The van der Waals surface area contributed by atoms with Crippen LogP contribution in [0.3, 0.4) is 0 Å². The van der Waals surface area contributed by atoms with Gasteiger partial charge in [0.2, 0.25) is 12.7 Å². The Balaban J connectivity index is 1.35. The average Bonchev–Trinajstić information content (AvgIpc) is 3.45. The van der Waals surface area contributed by atoms with E-state index in [1.165, 1.54) is 0 Å². The highest BCUT2D eigenvalue weighted by molar-refractivity contribution is 6.01. The van der Waals surface area contributed by atoms with Crippen molar-refractivity contribution >= 4 is 11.6 Å². The van der Waals surface area contributed by atoms with E-state index < -0.39 is 5.41 Å². The molecule has 1 aliphatic heterocycles. The molecule has 1 amide bonds. The number of carbonyl (C=O) groups is 1. The summed E-state index contributed by atoms with van der Waals surface area (Å²) in [4.78, 5) is 13.1.